The highest BCUT2D eigenvalue weighted by Gasteiger charge is 2.30. The van der Waals surface area contributed by atoms with E-state index in [1.54, 1.807) is 24.7 Å². The summed E-state index contributed by atoms with van der Waals surface area (Å²) in [5.74, 6) is 0.533. The third-order valence-electron chi connectivity index (χ3n) is 6.81. The van der Waals surface area contributed by atoms with Crippen LogP contribution in [0.15, 0.2) is 115 Å². The van der Waals surface area contributed by atoms with Crippen molar-refractivity contribution in [2.24, 2.45) is 4.99 Å². The summed E-state index contributed by atoms with van der Waals surface area (Å²) < 4.78 is 48.2. The molecule has 0 saturated carbocycles. The van der Waals surface area contributed by atoms with Crippen molar-refractivity contribution in [1.82, 2.24) is 14.5 Å². The van der Waals surface area contributed by atoms with Gasteiger partial charge in [-0.05, 0) is 24.2 Å². The SMILES string of the molecule is C[Si](C)(C)CCOCn1cc(-c2cccc(C(F)(F)F)c2)nc1-c1cncc(N=C(c2ccccc2)c2ccccc2)c1. The van der Waals surface area contributed by atoms with Crippen molar-refractivity contribution >= 4 is 19.5 Å². The van der Waals surface area contributed by atoms with Gasteiger partial charge in [0.15, 0.2) is 0 Å². The van der Waals surface area contributed by atoms with Gasteiger partial charge in [-0.1, -0.05) is 92.4 Å². The maximum absolute atomic E-state index is 13.5. The van der Waals surface area contributed by atoms with Crippen LogP contribution in [0.3, 0.4) is 0 Å². The van der Waals surface area contributed by atoms with Gasteiger partial charge < -0.3 is 9.30 Å². The second kappa shape index (κ2) is 12.9. The normalized spacial score (nSPS) is 11.9. The molecule has 0 atom stereocenters. The molecule has 0 N–H and O–H groups in total. The predicted octanol–water partition coefficient (Wildman–Crippen LogP) is 9.11. The van der Waals surface area contributed by atoms with Gasteiger partial charge in [0.1, 0.15) is 12.6 Å². The van der Waals surface area contributed by atoms with Gasteiger partial charge in [-0.15, -0.1) is 0 Å². The summed E-state index contributed by atoms with van der Waals surface area (Å²) in [5.41, 5.74) is 4.07. The zero-order valence-corrected chi connectivity index (χ0v) is 25.3. The fourth-order valence-corrected chi connectivity index (χ4v) is 5.26. The highest BCUT2D eigenvalue weighted by Crippen LogP contribution is 2.33. The molecule has 0 radical (unpaired) electrons. The Kier molecular flexibility index (Phi) is 9.03. The molecule has 0 unspecified atom stereocenters. The van der Waals surface area contributed by atoms with Crippen molar-refractivity contribution in [3.05, 3.63) is 126 Å². The topological polar surface area (TPSA) is 52.3 Å². The molecule has 3 aromatic carbocycles. The summed E-state index contributed by atoms with van der Waals surface area (Å²) in [6.45, 7) is 7.63. The average Bonchev–Trinajstić information content (AvgIpc) is 3.43. The van der Waals surface area contributed by atoms with E-state index in [1.165, 1.54) is 6.07 Å². The average molecular weight is 599 g/mol. The van der Waals surface area contributed by atoms with E-state index in [9.17, 15) is 13.2 Å². The Morgan fingerprint density at radius 3 is 2.14 bits per heavy atom. The molecule has 5 nitrogen and oxygen atoms in total. The standard InChI is InChI=1S/C34H33F3N4OSi/c1-43(2,3)18-17-42-24-41-23-31(27-15-10-16-29(19-27)34(35,36)37)40-33(41)28-20-30(22-38-21-28)39-32(25-11-6-4-7-12-25)26-13-8-5-9-14-26/h4-16,19-23H,17-18,24H2,1-3H3. The van der Waals surface area contributed by atoms with E-state index < -0.39 is 19.8 Å². The molecular formula is C34H33F3N4OSi. The van der Waals surface area contributed by atoms with E-state index in [2.05, 4.69) is 24.6 Å². The number of benzene rings is 3. The highest BCUT2D eigenvalue weighted by atomic mass is 28.3. The third kappa shape index (κ3) is 7.94. The zero-order chi connectivity index (χ0) is 30.5. The maximum Gasteiger partial charge on any atom is 0.416 e. The zero-order valence-electron chi connectivity index (χ0n) is 24.3. The summed E-state index contributed by atoms with van der Waals surface area (Å²) in [6.07, 6.45) is 0.642. The van der Waals surface area contributed by atoms with Crippen molar-refractivity contribution in [1.29, 1.82) is 0 Å². The molecule has 220 valence electrons. The molecule has 2 aromatic heterocycles. The van der Waals surface area contributed by atoms with Crippen LogP contribution in [0.1, 0.15) is 16.7 Å². The van der Waals surface area contributed by atoms with Gasteiger partial charge in [-0.25, -0.2) is 9.98 Å². The minimum atomic E-state index is -4.45. The quantitative estimate of drug-likeness (QED) is 0.0915. The number of ether oxygens (including phenoxy) is 1. The van der Waals surface area contributed by atoms with Crippen molar-refractivity contribution in [3.63, 3.8) is 0 Å². The summed E-state index contributed by atoms with van der Waals surface area (Å²) in [4.78, 5) is 14.2. The smallest absolute Gasteiger partial charge is 0.361 e. The third-order valence-corrected chi connectivity index (χ3v) is 8.51. The first-order valence-electron chi connectivity index (χ1n) is 14.0. The molecule has 0 bridgehead atoms. The highest BCUT2D eigenvalue weighted by molar-refractivity contribution is 6.76. The summed E-state index contributed by atoms with van der Waals surface area (Å²) in [5, 5.41) is 0. The van der Waals surface area contributed by atoms with E-state index in [0.717, 1.165) is 35.0 Å². The van der Waals surface area contributed by atoms with Crippen molar-refractivity contribution in [2.45, 2.75) is 38.6 Å². The van der Waals surface area contributed by atoms with Crippen molar-refractivity contribution < 1.29 is 17.9 Å². The van der Waals surface area contributed by atoms with Crippen LogP contribution in [0.4, 0.5) is 18.9 Å². The van der Waals surface area contributed by atoms with Gasteiger partial charge in [-0.3, -0.25) is 4.98 Å². The molecule has 0 spiro atoms. The van der Waals surface area contributed by atoms with Gasteiger partial charge in [0.25, 0.3) is 0 Å². The van der Waals surface area contributed by atoms with E-state index >= 15 is 0 Å². The second-order valence-electron chi connectivity index (χ2n) is 11.5. The lowest BCUT2D eigenvalue weighted by Gasteiger charge is -2.16. The fraction of sp³-hybridized carbons (Fsp3) is 0.206. The van der Waals surface area contributed by atoms with Crippen LogP contribution in [0.25, 0.3) is 22.6 Å². The van der Waals surface area contributed by atoms with Gasteiger partial charge in [0, 0.05) is 49.3 Å². The van der Waals surface area contributed by atoms with Crippen LogP contribution >= 0.6 is 0 Å². The van der Waals surface area contributed by atoms with E-state index in [4.69, 9.17) is 14.7 Å². The molecular weight excluding hydrogens is 565 g/mol. The second-order valence-corrected chi connectivity index (χ2v) is 17.1. The molecule has 9 heteroatoms. The number of aliphatic imine (C=N–C) groups is 1. The van der Waals surface area contributed by atoms with Crippen LogP contribution in [-0.4, -0.2) is 34.9 Å². The molecule has 2 heterocycles. The molecule has 0 amide bonds. The lowest BCUT2D eigenvalue weighted by molar-refractivity contribution is -0.137. The number of hydrogen-bond acceptors (Lipinski definition) is 4. The van der Waals surface area contributed by atoms with E-state index in [0.29, 0.717) is 34.9 Å². The van der Waals surface area contributed by atoms with Crippen LogP contribution < -0.4 is 0 Å². The molecule has 0 fully saturated rings. The summed E-state index contributed by atoms with van der Waals surface area (Å²) >= 11 is 0. The van der Waals surface area contributed by atoms with Crippen molar-refractivity contribution in [3.8, 4) is 22.6 Å². The molecule has 5 aromatic rings. The minimum Gasteiger partial charge on any atom is -0.361 e. The molecule has 0 saturated heterocycles. The molecule has 43 heavy (non-hydrogen) atoms. The van der Waals surface area contributed by atoms with Gasteiger partial charge in [0.05, 0.1) is 28.9 Å². The Labute approximate surface area is 250 Å². The summed E-state index contributed by atoms with van der Waals surface area (Å²) in [7, 11) is -1.31. The van der Waals surface area contributed by atoms with E-state index in [-0.39, 0.29) is 6.73 Å². The lowest BCUT2D eigenvalue weighted by Crippen LogP contribution is -2.22. The Bertz CT molecular complexity index is 1650. The first-order chi connectivity index (χ1) is 20.6. The number of rotatable bonds is 10. The predicted molar refractivity (Wildman–Crippen MR) is 168 cm³/mol. The largest absolute Gasteiger partial charge is 0.416 e. The molecule has 5 rings (SSSR count). The number of alkyl halides is 3. The minimum absolute atomic E-state index is 0.207. The van der Waals surface area contributed by atoms with Crippen LogP contribution in [-0.2, 0) is 17.6 Å². The first kappa shape index (κ1) is 30.1. The monoisotopic (exact) mass is 598 g/mol. The maximum atomic E-state index is 13.5. The van der Waals surface area contributed by atoms with Crippen molar-refractivity contribution in [2.75, 3.05) is 6.61 Å². The lowest BCUT2D eigenvalue weighted by atomic mass is 10.0. The Hall–Kier alpha value is -4.34. The van der Waals surface area contributed by atoms with Crippen LogP contribution in [0.2, 0.25) is 25.7 Å². The Morgan fingerprint density at radius 1 is 0.837 bits per heavy atom. The molecule has 0 aliphatic carbocycles. The summed E-state index contributed by atoms with van der Waals surface area (Å²) in [6, 6.07) is 27.9. The number of halogens is 3. The molecule has 0 aliphatic rings. The van der Waals surface area contributed by atoms with Crippen LogP contribution in [0.5, 0.6) is 0 Å². The fourth-order valence-electron chi connectivity index (χ4n) is 4.51. The first-order valence-corrected chi connectivity index (χ1v) is 17.7. The Morgan fingerprint density at radius 2 is 1.51 bits per heavy atom. The number of nitrogens with zero attached hydrogens (tertiary/aromatic N) is 4. The van der Waals surface area contributed by atoms with Crippen LogP contribution in [0, 0.1) is 0 Å². The number of pyridine rings is 1. The van der Waals surface area contributed by atoms with Gasteiger partial charge in [-0.2, -0.15) is 13.2 Å². The number of imidazole rings is 1. The Balaban J connectivity index is 1.55. The number of aromatic nitrogens is 3. The number of hydrogen-bond donors (Lipinski definition) is 0. The van der Waals surface area contributed by atoms with E-state index in [1.807, 2.05) is 71.3 Å². The van der Waals surface area contributed by atoms with Gasteiger partial charge >= 0.3 is 6.18 Å². The molecule has 0 aliphatic heterocycles. The van der Waals surface area contributed by atoms with Gasteiger partial charge in [0.2, 0.25) is 0 Å².